The summed E-state index contributed by atoms with van der Waals surface area (Å²) in [6, 6.07) is 4.11. The van der Waals surface area contributed by atoms with Gasteiger partial charge in [-0.1, -0.05) is 5.16 Å². The molecule has 1 atom stereocenters. The van der Waals surface area contributed by atoms with E-state index in [1.807, 2.05) is 52.9 Å². The zero-order valence-electron chi connectivity index (χ0n) is 24.7. The molecule has 40 heavy (non-hydrogen) atoms. The summed E-state index contributed by atoms with van der Waals surface area (Å²) in [5.41, 5.74) is 4.76. The normalized spacial score (nSPS) is 15.7. The molecule has 10 nitrogen and oxygen atoms in total. The summed E-state index contributed by atoms with van der Waals surface area (Å²) < 4.78 is 24.8. The minimum absolute atomic E-state index is 0.0349. The summed E-state index contributed by atoms with van der Waals surface area (Å²) in [5, 5.41) is 5.09. The first-order valence-corrected chi connectivity index (χ1v) is 13.8. The molecule has 5 rings (SSSR count). The van der Waals surface area contributed by atoms with Crippen LogP contribution in [-0.4, -0.2) is 70.2 Å². The van der Waals surface area contributed by atoms with E-state index in [0.29, 0.717) is 19.7 Å². The first-order valence-electron chi connectivity index (χ1n) is 13.8. The topological polar surface area (TPSA) is 105 Å². The Morgan fingerprint density at radius 2 is 1.88 bits per heavy atom. The van der Waals surface area contributed by atoms with Gasteiger partial charge in [0.2, 0.25) is 0 Å². The van der Waals surface area contributed by atoms with Gasteiger partial charge in [0.1, 0.15) is 28.5 Å². The third-order valence-corrected chi connectivity index (χ3v) is 7.53. The molecule has 1 aromatic carbocycles. The number of aromatic nitrogens is 4. The van der Waals surface area contributed by atoms with Crippen LogP contribution >= 0.6 is 0 Å². The van der Waals surface area contributed by atoms with Crippen molar-refractivity contribution in [3.8, 4) is 16.9 Å². The third kappa shape index (κ3) is 5.12. The fraction of sp³-hybridized carbons (Fsp3) is 0.533. The van der Waals surface area contributed by atoms with Crippen LogP contribution in [0, 0.1) is 13.8 Å². The van der Waals surface area contributed by atoms with E-state index in [0.717, 1.165) is 68.9 Å². The molecule has 10 heteroatoms. The minimum Gasteiger partial charge on any atom is -0.496 e. The number of carbonyl (C=O) groups excluding carboxylic acids is 1. The summed E-state index contributed by atoms with van der Waals surface area (Å²) in [7, 11) is 3.39. The molecule has 214 valence electrons. The van der Waals surface area contributed by atoms with E-state index < -0.39 is 5.60 Å². The number of piperidine rings is 1. The number of amides is 1. The van der Waals surface area contributed by atoms with Gasteiger partial charge < -0.3 is 28.2 Å². The molecule has 0 N–H and O–H groups in total. The largest absolute Gasteiger partial charge is 0.496 e. The lowest BCUT2D eigenvalue weighted by atomic mass is 9.95. The molecule has 0 radical (unpaired) electrons. The molecule has 1 fully saturated rings. The smallest absolute Gasteiger partial charge is 0.410 e. The van der Waals surface area contributed by atoms with E-state index in [1.54, 1.807) is 19.1 Å². The Labute approximate surface area is 234 Å². The molecular weight excluding hydrogens is 510 g/mol. The molecule has 0 saturated carbocycles. The molecule has 0 bridgehead atoms. The molecule has 1 saturated heterocycles. The van der Waals surface area contributed by atoms with Crippen LogP contribution < -0.4 is 4.74 Å². The Bertz CT molecular complexity index is 1520. The fourth-order valence-corrected chi connectivity index (χ4v) is 5.75. The highest BCUT2D eigenvalue weighted by Gasteiger charge is 2.32. The number of pyridine rings is 1. The maximum absolute atomic E-state index is 12.7. The molecule has 1 amide bonds. The van der Waals surface area contributed by atoms with E-state index in [-0.39, 0.29) is 18.1 Å². The number of aryl methyl sites for hydroxylation is 2. The van der Waals surface area contributed by atoms with Crippen molar-refractivity contribution in [2.24, 2.45) is 0 Å². The zero-order chi connectivity index (χ0) is 28.8. The van der Waals surface area contributed by atoms with Crippen LogP contribution in [0.4, 0.5) is 4.79 Å². The lowest BCUT2D eigenvalue weighted by Crippen LogP contribution is -2.41. The van der Waals surface area contributed by atoms with Crippen molar-refractivity contribution in [3.05, 3.63) is 35.6 Å². The number of methoxy groups -OCH3 is 2. The summed E-state index contributed by atoms with van der Waals surface area (Å²) in [5.74, 6) is 2.63. The van der Waals surface area contributed by atoms with Crippen molar-refractivity contribution in [3.63, 3.8) is 0 Å². The summed E-state index contributed by atoms with van der Waals surface area (Å²) >= 11 is 0. The Balaban J connectivity index is 1.59. The van der Waals surface area contributed by atoms with Gasteiger partial charge in [-0.15, -0.1) is 0 Å². The predicted octanol–water partition coefficient (Wildman–Crippen LogP) is 6.19. The Morgan fingerprint density at radius 1 is 1.15 bits per heavy atom. The van der Waals surface area contributed by atoms with Gasteiger partial charge >= 0.3 is 6.09 Å². The number of fused-ring (bicyclic) bond motifs is 3. The van der Waals surface area contributed by atoms with Crippen molar-refractivity contribution in [2.75, 3.05) is 33.9 Å². The van der Waals surface area contributed by atoms with Crippen LogP contribution in [0.1, 0.15) is 69.8 Å². The standard InChI is InChI=1S/C30H39N5O5/c1-17(16-37-7)35-27-21-14-25(38-8)22(26-18(2)33-40-19(26)3)13-23(21)31-15-24(27)32-28(35)20-9-11-34(12-10-20)29(36)39-30(4,5)6/h13-15,17,20H,9-12,16H2,1-8H3/t17-/m1/s1. The number of likely N-dealkylation sites (tertiary alicyclic amines) is 1. The molecule has 1 aliphatic rings. The van der Waals surface area contributed by atoms with Gasteiger partial charge in [-0.25, -0.2) is 9.78 Å². The second kappa shape index (κ2) is 10.7. The molecule has 4 heterocycles. The molecular formula is C30H39N5O5. The average Bonchev–Trinajstić information content (AvgIpc) is 3.46. The van der Waals surface area contributed by atoms with Crippen molar-refractivity contribution < 1.29 is 23.5 Å². The van der Waals surface area contributed by atoms with Gasteiger partial charge in [-0.2, -0.15) is 0 Å². The van der Waals surface area contributed by atoms with Gasteiger partial charge in [0.15, 0.2) is 0 Å². The third-order valence-electron chi connectivity index (χ3n) is 7.53. The van der Waals surface area contributed by atoms with Crippen LogP contribution in [0.25, 0.3) is 33.1 Å². The second-order valence-electron chi connectivity index (χ2n) is 11.6. The highest BCUT2D eigenvalue weighted by atomic mass is 16.6. The number of nitrogens with zero attached hydrogens (tertiary/aromatic N) is 5. The number of carbonyl (C=O) groups is 1. The van der Waals surface area contributed by atoms with E-state index in [1.165, 1.54) is 0 Å². The van der Waals surface area contributed by atoms with Gasteiger partial charge in [0.25, 0.3) is 0 Å². The SMILES string of the molecule is COC[C@@H](C)n1c(C2CCN(C(=O)OC(C)(C)C)CC2)nc2cnc3cc(-c4c(C)noc4C)c(OC)cc3c21. The molecule has 0 spiro atoms. The number of hydrogen-bond acceptors (Lipinski definition) is 8. The van der Waals surface area contributed by atoms with E-state index in [9.17, 15) is 4.79 Å². The number of imidazole rings is 1. The monoisotopic (exact) mass is 549 g/mol. The van der Waals surface area contributed by atoms with E-state index >= 15 is 0 Å². The van der Waals surface area contributed by atoms with Gasteiger partial charge in [-0.05, 0) is 66.5 Å². The summed E-state index contributed by atoms with van der Waals surface area (Å²) in [6.07, 6.45) is 3.18. The first-order chi connectivity index (χ1) is 19.0. The Kier molecular flexibility index (Phi) is 7.48. The zero-order valence-corrected chi connectivity index (χ0v) is 24.7. The molecule has 0 aliphatic carbocycles. The van der Waals surface area contributed by atoms with Crippen molar-refractivity contribution >= 4 is 28.0 Å². The van der Waals surface area contributed by atoms with Crippen LogP contribution in [0.2, 0.25) is 0 Å². The van der Waals surface area contributed by atoms with E-state index in [2.05, 4.69) is 16.6 Å². The fourth-order valence-electron chi connectivity index (χ4n) is 5.75. The van der Waals surface area contributed by atoms with Gasteiger partial charge in [-0.3, -0.25) is 4.98 Å². The van der Waals surface area contributed by atoms with Crippen LogP contribution in [0.5, 0.6) is 5.75 Å². The maximum atomic E-state index is 12.7. The number of rotatable bonds is 6. The lowest BCUT2D eigenvalue weighted by molar-refractivity contribution is 0.0202. The quantitative estimate of drug-likeness (QED) is 0.281. The summed E-state index contributed by atoms with van der Waals surface area (Å²) in [4.78, 5) is 24.4. The van der Waals surface area contributed by atoms with Crippen LogP contribution in [0.3, 0.4) is 0 Å². The lowest BCUT2D eigenvalue weighted by Gasteiger charge is -2.33. The Hall–Kier alpha value is -3.66. The maximum Gasteiger partial charge on any atom is 0.410 e. The van der Waals surface area contributed by atoms with Gasteiger partial charge in [0, 0.05) is 37.1 Å². The predicted molar refractivity (Wildman–Crippen MR) is 153 cm³/mol. The van der Waals surface area contributed by atoms with Gasteiger partial charge in [0.05, 0.1) is 48.2 Å². The first kappa shape index (κ1) is 27.9. The molecule has 0 unspecified atom stereocenters. The van der Waals surface area contributed by atoms with Crippen molar-refractivity contribution in [2.45, 2.75) is 71.9 Å². The number of hydrogen-bond donors (Lipinski definition) is 0. The molecule has 3 aromatic heterocycles. The van der Waals surface area contributed by atoms with Crippen molar-refractivity contribution in [1.29, 1.82) is 0 Å². The average molecular weight is 550 g/mol. The number of ether oxygens (including phenoxy) is 3. The summed E-state index contributed by atoms with van der Waals surface area (Å²) in [6.45, 7) is 13.4. The Morgan fingerprint density at radius 3 is 2.48 bits per heavy atom. The van der Waals surface area contributed by atoms with Crippen LogP contribution in [0.15, 0.2) is 22.9 Å². The van der Waals surface area contributed by atoms with Crippen molar-refractivity contribution in [1.82, 2.24) is 24.6 Å². The second-order valence-corrected chi connectivity index (χ2v) is 11.6. The molecule has 1 aliphatic heterocycles. The molecule has 4 aromatic rings. The van der Waals surface area contributed by atoms with E-state index in [4.69, 9.17) is 28.7 Å². The minimum atomic E-state index is -0.516. The number of benzene rings is 1. The van der Waals surface area contributed by atoms with Crippen LogP contribution in [-0.2, 0) is 9.47 Å². The highest BCUT2D eigenvalue weighted by molar-refractivity contribution is 6.05. The highest BCUT2D eigenvalue weighted by Crippen LogP contribution is 2.41.